The molecule has 7 heteroatoms. The second-order valence-electron chi connectivity index (χ2n) is 7.07. The molecule has 0 N–H and O–H groups in total. The van der Waals surface area contributed by atoms with E-state index >= 15 is 0 Å². The van der Waals surface area contributed by atoms with Gasteiger partial charge in [0.15, 0.2) is 0 Å². The average molecular weight is 416 g/mol. The number of rotatable bonds is 7. The van der Waals surface area contributed by atoms with Crippen molar-refractivity contribution in [2.75, 3.05) is 32.8 Å². The van der Waals surface area contributed by atoms with Crippen LogP contribution in [0.4, 0.5) is 0 Å². The number of likely N-dealkylation sites (tertiary alicyclic amines) is 1. The number of carbonyl (C=O) groups excluding carboxylic acids is 2. The molecule has 0 saturated carbocycles. The van der Waals surface area contributed by atoms with Crippen LogP contribution in [-0.4, -0.2) is 59.4 Å². The lowest BCUT2D eigenvalue weighted by Crippen LogP contribution is -2.44. The topological polar surface area (TPSA) is 62.7 Å². The molecule has 2 aromatic rings. The van der Waals surface area contributed by atoms with E-state index in [9.17, 15) is 9.59 Å². The zero-order valence-corrected chi connectivity index (χ0v) is 18.2. The number of piperidine rings is 1. The maximum atomic E-state index is 12.9. The smallest absolute Gasteiger partial charge is 0.273 e. The third-order valence-electron chi connectivity index (χ3n) is 5.34. The molecule has 0 radical (unpaired) electrons. The van der Waals surface area contributed by atoms with E-state index in [0.29, 0.717) is 25.4 Å². The summed E-state index contributed by atoms with van der Waals surface area (Å²) in [6.45, 7) is 9.28. The highest BCUT2D eigenvalue weighted by Crippen LogP contribution is 2.27. The van der Waals surface area contributed by atoms with Crippen molar-refractivity contribution in [2.45, 2.75) is 33.6 Å². The summed E-state index contributed by atoms with van der Waals surface area (Å²) < 4.78 is 5.47. The van der Waals surface area contributed by atoms with Crippen molar-refractivity contribution < 1.29 is 14.3 Å². The average Bonchev–Trinajstić information content (AvgIpc) is 3.25. The minimum Gasteiger partial charge on any atom is -0.494 e. The monoisotopic (exact) mass is 415 g/mol. The van der Waals surface area contributed by atoms with E-state index < -0.39 is 0 Å². The Bertz CT molecular complexity index is 822. The molecule has 6 nitrogen and oxygen atoms in total. The molecule has 0 aliphatic carbocycles. The Balaban J connectivity index is 1.60. The van der Waals surface area contributed by atoms with Crippen LogP contribution in [0.3, 0.4) is 0 Å². The van der Waals surface area contributed by atoms with Gasteiger partial charge in [0.1, 0.15) is 16.5 Å². The Labute approximate surface area is 176 Å². The summed E-state index contributed by atoms with van der Waals surface area (Å²) in [4.78, 5) is 33.7. The van der Waals surface area contributed by atoms with Crippen LogP contribution >= 0.6 is 11.3 Å². The summed E-state index contributed by atoms with van der Waals surface area (Å²) in [6.07, 6.45) is 1.44. The molecule has 156 valence electrons. The van der Waals surface area contributed by atoms with Gasteiger partial charge in [-0.3, -0.25) is 9.59 Å². The van der Waals surface area contributed by atoms with Gasteiger partial charge >= 0.3 is 0 Å². The molecule has 29 heavy (non-hydrogen) atoms. The molecule has 1 saturated heterocycles. The molecule has 0 bridgehead atoms. The third kappa shape index (κ3) is 4.96. The summed E-state index contributed by atoms with van der Waals surface area (Å²) in [6, 6.07) is 7.75. The maximum absolute atomic E-state index is 12.9. The SMILES string of the molecule is CCOc1ccc(-c2nc(C(=O)N3CCC(C(=O)N(CC)CC)CC3)cs2)cc1. The van der Waals surface area contributed by atoms with Gasteiger partial charge in [-0.25, -0.2) is 4.98 Å². The van der Waals surface area contributed by atoms with E-state index in [2.05, 4.69) is 4.98 Å². The van der Waals surface area contributed by atoms with Crippen molar-refractivity contribution in [1.29, 1.82) is 0 Å². The first-order valence-corrected chi connectivity index (χ1v) is 11.2. The molecule has 3 rings (SSSR count). The quantitative estimate of drug-likeness (QED) is 0.687. The lowest BCUT2D eigenvalue weighted by Gasteiger charge is -2.33. The van der Waals surface area contributed by atoms with Crippen LogP contribution in [-0.2, 0) is 4.79 Å². The lowest BCUT2D eigenvalue weighted by molar-refractivity contribution is -0.136. The highest BCUT2D eigenvalue weighted by molar-refractivity contribution is 7.13. The fourth-order valence-corrected chi connectivity index (χ4v) is 4.45. The Morgan fingerprint density at radius 1 is 1.14 bits per heavy atom. The third-order valence-corrected chi connectivity index (χ3v) is 6.23. The second-order valence-corrected chi connectivity index (χ2v) is 7.93. The molecule has 2 heterocycles. The Morgan fingerprint density at radius 2 is 1.79 bits per heavy atom. The summed E-state index contributed by atoms with van der Waals surface area (Å²) in [7, 11) is 0. The van der Waals surface area contributed by atoms with E-state index in [0.717, 1.165) is 42.3 Å². The van der Waals surface area contributed by atoms with E-state index in [1.807, 2.05) is 60.2 Å². The van der Waals surface area contributed by atoms with Crippen molar-refractivity contribution in [1.82, 2.24) is 14.8 Å². The number of amides is 2. The van der Waals surface area contributed by atoms with E-state index in [4.69, 9.17) is 4.74 Å². The highest BCUT2D eigenvalue weighted by atomic mass is 32.1. The van der Waals surface area contributed by atoms with Gasteiger partial charge < -0.3 is 14.5 Å². The number of thiazole rings is 1. The largest absolute Gasteiger partial charge is 0.494 e. The number of hydrogen-bond acceptors (Lipinski definition) is 5. The number of ether oxygens (including phenoxy) is 1. The van der Waals surface area contributed by atoms with Crippen molar-refractivity contribution in [2.24, 2.45) is 5.92 Å². The Hall–Kier alpha value is -2.41. The zero-order chi connectivity index (χ0) is 20.8. The molecule has 2 amide bonds. The first kappa shape index (κ1) is 21.3. The number of aromatic nitrogens is 1. The van der Waals surface area contributed by atoms with Gasteiger partial charge in [-0.05, 0) is 57.9 Å². The van der Waals surface area contributed by atoms with Gasteiger partial charge in [-0.1, -0.05) is 0 Å². The van der Waals surface area contributed by atoms with Crippen molar-refractivity contribution in [3.8, 4) is 16.3 Å². The zero-order valence-electron chi connectivity index (χ0n) is 17.4. The Kier molecular flexibility index (Phi) is 7.25. The number of benzene rings is 1. The maximum Gasteiger partial charge on any atom is 0.273 e. The predicted octanol–water partition coefficient (Wildman–Crippen LogP) is 3.93. The van der Waals surface area contributed by atoms with E-state index in [1.54, 1.807) is 0 Å². The molecular formula is C22H29N3O3S. The first-order chi connectivity index (χ1) is 14.1. The van der Waals surface area contributed by atoms with Crippen molar-refractivity contribution in [3.63, 3.8) is 0 Å². The highest BCUT2D eigenvalue weighted by Gasteiger charge is 2.30. The fourth-order valence-electron chi connectivity index (χ4n) is 3.65. The van der Waals surface area contributed by atoms with Crippen LogP contribution in [0.2, 0.25) is 0 Å². The molecular weight excluding hydrogens is 386 g/mol. The summed E-state index contributed by atoms with van der Waals surface area (Å²) in [5, 5.41) is 2.64. The number of carbonyl (C=O) groups is 2. The molecule has 1 aromatic carbocycles. The van der Waals surface area contributed by atoms with Crippen molar-refractivity contribution in [3.05, 3.63) is 35.3 Å². The van der Waals surface area contributed by atoms with Crippen molar-refractivity contribution >= 4 is 23.2 Å². The van der Waals surface area contributed by atoms with Crippen LogP contribution in [0, 0.1) is 5.92 Å². The fraction of sp³-hybridized carbons (Fsp3) is 0.500. The minimum absolute atomic E-state index is 0.0220. The van der Waals surface area contributed by atoms with Gasteiger partial charge in [0.05, 0.1) is 6.61 Å². The molecule has 1 aliphatic heterocycles. The summed E-state index contributed by atoms with van der Waals surface area (Å²) >= 11 is 1.47. The molecule has 0 unspecified atom stereocenters. The molecule has 1 fully saturated rings. The van der Waals surface area contributed by atoms with Gasteiger partial charge in [0.25, 0.3) is 5.91 Å². The molecule has 1 aromatic heterocycles. The lowest BCUT2D eigenvalue weighted by atomic mass is 9.95. The number of nitrogens with zero attached hydrogens (tertiary/aromatic N) is 3. The van der Waals surface area contributed by atoms with Gasteiger partial charge in [0.2, 0.25) is 5.91 Å². The van der Waals surface area contributed by atoms with Gasteiger partial charge in [-0.2, -0.15) is 0 Å². The van der Waals surface area contributed by atoms with Crippen LogP contribution in [0.1, 0.15) is 44.1 Å². The minimum atomic E-state index is -0.0489. The van der Waals surface area contributed by atoms with Gasteiger partial charge in [-0.15, -0.1) is 11.3 Å². The van der Waals surface area contributed by atoms with Crippen LogP contribution in [0.5, 0.6) is 5.75 Å². The normalized spacial score (nSPS) is 14.7. The van der Waals surface area contributed by atoms with Crippen LogP contribution in [0.25, 0.3) is 10.6 Å². The summed E-state index contributed by atoms with van der Waals surface area (Å²) in [5.41, 5.74) is 1.45. The number of hydrogen-bond donors (Lipinski definition) is 0. The van der Waals surface area contributed by atoms with Crippen LogP contribution in [0.15, 0.2) is 29.6 Å². The molecule has 1 aliphatic rings. The molecule has 0 spiro atoms. The van der Waals surface area contributed by atoms with E-state index in [1.165, 1.54) is 11.3 Å². The first-order valence-electron chi connectivity index (χ1n) is 10.3. The standard InChI is InChI=1S/C22H29N3O3S/c1-4-24(5-2)21(26)17-11-13-25(14-12-17)22(27)19-15-29-20(23-19)16-7-9-18(10-8-16)28-6-3/h7-10,15,17H,4-6,11-14H2,1-3H3. The van der Waals surface area contributed by atoms with Gasteiger partial charge in [0, 0.05) is 43.0 Å². The second kappa shape index (κ2) is 9.87. The summed E-state index contributed by atoms with van der Waals surface area (Å²) in [5.74, 6) is 1.01. The van der Waals surface area contributed by atoms with Crippen LogP contribution < -0.4 is 4.74 Å². The Morgan fingerprint density at radius 3 is 2.38 bits per heavy atom. The molecule has 0 atom stereocenters. The predicted molar refractivity (Wildman–Crippen MR) is 115 cm³/mol. The van der Waals surface area contributed by atoms with E-state index in [-0.39, 0.29) is 17.7 Å².